The molecule has 1 amide bonds. The number of carbonyl (C=O) groups is 2. The lowest BCUT2D eigenvalue weighted by atomic mass is 10.1. The van der Waals surface area contributed by atoms with Crippen LogP contribution in [0, 0.1) is 6.92 Å². The molecule has 0 bridgehead atoms. The van der Waals surface area contributed by atoms with Crippen LogP contribution >= 0.6 is 0 Å². The molecule has 0 spiro atoms. The highest BCUT2D eigenvalue weighted by atomic mass is 32.2. The number of sulfonamides is 1. The second kappa shape index (κ2) is 7.79. The molecule has 1 rings (SSSR count). The fourth-order valence-corrected chi connectivity index (χ4v) is 2.40. The van der Waals surface area contributed by atoms with E-state index < -0.39 is 16.0 Å². The van der Waals surface area contributed by atoms with E-state index >= 15 is 0 Å². The SMILES string of the molecule is Cc1ccc(C(=O)NCCCCC(=O)O)cc1NS(C)(=O)=O. The van der Waals surface area contributed by atoms with Gasteiger partial charge < -0.3 is 10.4 Å². The number of benzene rings is 1. The first kappa shape index (κ1) is 18.0. The summed E-state index contributed by atoms with van der Waals surface area (Å²) in [5.74, 6) is -1.19. The Labute approximate surface area is 129 Å². The minimum atomic E-state index is -3.41. The Morgan fingerprint density at radius 2 is 1.91 bits per heavy atom. The Morgan fingerprint density at radius 1 is 1.23 bits per heavy atom. The third-order valence-electron chi connectivity index (χ3n) is 2.90. The normalized spacial score (nSPS) is 11.0. The number of carboxylic acid groups (broad SMARTS) is 1. The number of anilines is 1. The highest BCUT2D eigenvalue weighted by Crippen LogP contribution is 2.18. The molecule has 0 aliphatic heterocycles. The monoisotopic (exact) mass is 328 g/mol. The van der Waals surface area contributed by atoms with Gasteiger partial charge in [0, 0.05) is 18.5 Å². The summed E-state index contributed by atoms with van der Waals surface area (Å²) in [5.41, 5.74) is 1.42. The van der Waals surface area contributed by atoms with Crippen molar-refractivity contribution in [2.45, 2.75) is 26.2 Å². The molecular weight excluding hydrogens is 308 g/mol. The van der Waals surface area contributed by atoms with E-state index in [-0.39, 0.29) is 12.3 Å². The van der Waals surface area contributed by atoms with Crippen LogP contribution in [0.25, 0.3) is 0 Å². The number of hydrogen-bond donors (Lipinski definition) is 3. The minimum absolute atomic E-state index is 0.0723. The van der Waals surface area contributed by atoms with Gasteiger partial charge in [-0.2, -0.15) is 0 Å². The fraction of sp³-hybridized carbons (Fsp3) is 0.429. The number of nitrogens with one attached hydrogen (secondary N) is 2. The van der Waals surface area contributed by atoms with Crippen LogP contribution in [-0.4, -0.2) is 38.2 Å². The van der Waals surface area contributed by atoms with Crippen molar-refractivity contribution in [1.29, 1.82) is 0 Å². The standard InChI is InChI=1S/C14H20N2O5S/c1-10-6-7-11(9-12(10)16-22(2,20)21)14(19)15-8-4-3-5-13(17)18/h6-7,9,16H,3-5,8H2,1-2H3,(H,15,19)(H,17,18). The Balaban J connectivity index is 2.62. The summed E-state index contributed by atoms with van der Waals surface area (Å²) in [4.78, 5) is 22.3. The van der Waals surface area contributed by atoms with Crippen LogP contribution in [0.2, 0.25) is 0 Å². The van der Waals surface area contributed by atoms with Crippen molar-refractivity contribution in [3.63, 3.8) is 0 Å². The summed E-state index contributed by atoms with van der Waals surface area (Å²) in [6.45, 7) is 2.11. The van der Waals surface area contributed by atoms with E-state index in [9.17, 15) is 18.0 Å². The van der Waals surface area contributed by atoms with Crippen molar-refractivity contribution in [1.82, 2.24) is 5.32 Å². The molecule has 0 radical (unpaired) electrons. The molecule has 122 valence electrons. The number of carboxylic acids is 1. The lowest BCUT2D eigenvalue weighted by Crippen LogP contribution is -2.24. The van der Waals surface area contributed by atoms with Crippen LogP contribution in [-0.2, 0) is 14.8 Å². The average Bonchev–Trinajstić information content (AvgIpc) is 2.38. The molecular formula is C14H20N2O5S. The number of hydrogen-bond acceptors (Lipinski definition) is 4. The maximum Gasteiger partial charge on any atom is 0.303 e. The van der Waals surface area contributed by atoms with Gasteiger partial charge in [0.05, 0.1) is 11.9 Å². The molecule has 8 heteroatoms. The van der Waals surface area contributed by atoms with Gasteiger partial charge in [-0.1, -0.05) is 6.07 Å². The smallest absolute Gasteiger partial charge is 0.303 e. The van der Waals surface area contributed by atoms with E-state index in [0.29, 0.717) is 36.2 Å². The summed E-state index contributed by atoms with van der Waals surface area (Å²) in [6, 6.07) is 4.74. The Bertz CT molecular complexity index is 655. The largest absolute Gasteiger partial charge is 0.481 e. The molecule has 0 unspecified atom stereocenters. The van der Waals surface area contributed by atoms with Gasteiger partial charge in [-0.25, -0.2) is 8.42 Å². The van der Waals surface area contributed by atoms with E-state index in [0.717, 1.165) is 6.26 Å². The van der Waals surface area contributed by atoms with Gasteiger partial charge in [0.2, 0.25) is 10.0 Å². The molecule has 7 nitrogen and oxygen atoms in total. The van der Waals surface area contributed by atoms with Crippen LogP contribution in [0.3, 0.4) is 0 Å². The maximum absolute atomic E-state index is 12.0. The molecule has 0 aliphatic rings. The maximum atomic E-state index is 12.0. The highest BCUT2D eigenvalue weighted by Gasteiger charge is 2.10. The number of carbonyl (C=O) groups excluding carboxylic acids is 1. The van der Waals surface area contributed by atoms with Gasteiger partial charge in [-0.3, -0.25) is 14.3 Å². The molecule has 1 aromatic carbocycles. The van der Waals surface area contributed by atoms with Crippen molar-refractivity contribution < 1.29 is 23.1 Å². The summed E-state index contributed by atoms with van der Waals surface area (Å²) in [7, 11) is -3.41. The summed E-state index contributed by atoms with van der Waals surface area (Å²) >= 11 is 0. The van der Waals surface area contributed by atoms with Crippen LogP contribution in [0.1, 0.15) is 35.2 Å². The zero-order chi connectivity index (χ0) is 16.8. The van der Waals surface area contributed by atoms with E-state index in [1.807, 2.05) is 0 Å². The van der Waals surface area contributed by atoms with Crippen molar-refractivity contribution >= 4 is 27.6 Å². The fourth-order valence-electron chi connectivity index (χ4n) is 1.78. The molecule has 3 N–H and O–H groups in total. The predicted molar refractivity (Wildman–Crippen MR) is 83.5 cm³/mol. The van der Waals surface area contributed by atoms with Crippen LogP contribution in [0.4, 0.5) is 5.69 Å². The summed E-state index contributed by atoms with van der Waals surface area (Å²) < 4.78 is 24.9. The van der Waals surface area contributed by atoms with Gasteiger partial charge in [0.1, 0.15) is 0 Å². The number of aryl methyl sites for hydroxylation is 1. The Morgan fingerprint density at radius 3 is 2.50 bits per heavy atom. The molecule has 0 fully saturated rings. The van der Waals surface area contributed by atoms with E-state index in [1.54, 1.807) is 19.1 Å². The highest BCUT2D eigenvalue weighted by molar-refractivity contribution is 7.92. The number of unbranched alkanes of at least 4 members (excludes halogenated alkanes) is 1. The molecule has 22 heavy (non-hydrogen) atoms. The lowest BCUT2D eigenvalue weighted by Gasteiger charge is -2.10. The molecule has 0 atom stereocenters. The van der Waals surface area contributed by atoms with Crippen molar-refractivity contribution in [3.8, 4) is 0 Å². The minimum Gasteiger partial charge on any atom is -0.481 e. The zero-order valence-corrected chi connectivity index (χ0v) is 13.4. The average molecular weight is 328 g/mol. The second-order valence-corrected chi connectivity index (χ2v) is 6.76. The molecule has 0 aliphatic carbocycles. The van der Waals surface area contributed by atoms with Crippen molar-refractivity contribution in [3.05, 3.63) is 29.3 Å². The first-order valence-corrected chi connectivity index (χ1v) is 8.66. The first-order valence-electron chi connectivity index (χ1n) is 6.77. The molecule has 0 heterocycles. The zero-order valence-electron chi connectivity index (χ0n) is 12.5. The third-order valence-corrected chi connectivity index (χ3v) is 3.49. The molecule has 0 aromatic heterocycles. The van der Waals surface area contributed by atoms with Gasteiger partial charge in [0.15, 0.2) is 0 Å². The topological polar surface area (TPSA) is 113 Å². The Hall–Kier alpha value is -2.09. The van der Waals surface area contributed by atoms with E-state index in [4.69, 9.17) is 5.11 Å². The van der Waals surface area contributed by atoms with Crippen molar-refractivity contribution in [2.75, 3.05) is 17.5 Å². The number of aliphatic carboxylic acids is 1. The van der Waals surface area contributed by atoms with Crippen LogP contribution < -0.4 is 10.0 Å². The number of amides is 1. The van der Waals surface area contributed by atoms with Gasteiger partial charge in [-0.15, -0.1) is 0 Å². The lowest BCUT2D eigenvalue weighted by molar-refractivity contribution is -0.137. The first-order chi connectivity index (χ1) is 10.2. The Kier molecular flexibility index (Phi) is 6.36. The van der Waals surface area contributed by atoms with E-state index in [2.05, 4.69) is 10.0 Å². The third kappa shape index (κ3) is 6.57. The molecule has 1 aromatic rings. The van der Waals surface area contributed by atoms with Crippen LogP contribution in [0.15, 0.2) is 18.2 Å². The van der Waals surface area contributed by atoms with E-state index in [1.165, 1.54) is 6.07 Å². The summed E-state index contributed by atoms with van der Waals surface area (Å²) in [6.07, 6.45) is 2.17. The van der Waals surface area contributed by atoms with Gasteiger partial charge >= 0.3 is 5.97 Å². The second-order valence-electron chi connectivity index (χ2n) is 5.01. The number of rotatable bonds is 8. The van der Waals surface area contributed by atoms with Crippen LogP contribution in [0.5, 0.6) is 0 Å². The van der Waals surface area contributed by atoms with Crippen molar-refractivity contribution in [2.24, 2.45) is 0 Å². The predicted octanol–water partition coefficient (Wildman–Crippen LogP) is 1.35. The quantitative estimate of drug-likeness (QED) is 0.624. The molecule has 0 saturated carbocycles. The van der Waals surface area contributed by atoms with Gasteiger partial charge in [-0.05, 0) is 37.5 Å². The summed E-state index contributed by atoms with van der Waals surface area (Å²) in [5, 5.41) is 11.2. The molecule has 0 saturated heterocycles. The van der Waals surface area contributed by atoms with Gasteiger partial charge in [0.25, 0.3) is 5.91 Å².